The molecule has 0 aliphatic rings. The summed E-state index contributed by atoms with van der Waals surface area (Å²) in [7, 11) is 0. The summed E-state index contributed by atoms with van der Waals surface area (Å²) in [5.41, 5.74) is 2.83. The van der Waals surface area contributed by atoms with E-state index in [1.807, 2.05) is 19.9 Å². The van der Waals surface area contributed by atoms with Crippen molar-refractivity contribution >= 4 is 11.0 Å². The number of fused-ring (bicyclic) bond motifs is 1. The summed E-state index contributed by atoms with van der Waals surface area (Å²) >= 11 is 0. The van der Waals surface area contributed by atoms with Crippen molar-refractivity contribution in [3.8, 4) is 17.1 Å². The van der Waals surface area contributed by atoms with Gasteiger partial charge in [-0.2, -0.15) is 0 Å². The molecule has 0 spiro atoms. The lowest BCUT2D eigenvalue weighted by molar-refractivity contribution is 0.468. The molecule has 2 heterocycles. The van der Waals surface area contributed by atoms with E-state index in [9.17, 15) is 9.90 Å². The second-order valence-electron chi connectivity index (χ2n) is 5.64. The summed E-state index contributed by atoms with van der Waals surface area (Å²) in [5, 5.41) is 10.6. The molecule has 0 atom stereocenters. The second kappa shape index (κ2) is 6.08. The van der Waals surface area contributed by atoms with Crippen LogP contribution in [0.15, 0.2) is 63.6 Å². The Morgan fingerprint density at radius 2 is 1.96 bits per heavy atom. The van der Waals surface area contributed by atoms with Crippen molar-refractivity contribution in [2.24, 2.45) is 0 Å². The van der Waals surface area contributed by atoms with Gasteiger partial charge in [-0.1, -0.05) is 11.6 Å². The van der Waals surface area contributed by atoms with Crippen molar-refractivity contribution < 1.29 is 9.52 Å². The van der Waals surface area contributed by atoms with Crippen LogP contribution < -0.4 is 5.43 Å². The molecule has 0 fully saturated rings. The third kappa shape index (κ3) is 3.01. The molecule has 1 N–H and O–H groups in total. The zero-order valence-corrected chi connectivity index (χ0v) is 13.0. The van der Waals surface area contributed by atoms with Gasteiger partial charge in [0.1, 0.15) is 17.1 Å². The molecule has 23 heavy (non-hydrogen) atoms. The standard InChI is InChI=1S/C19H17NO3/c1-12(2)3-4-14-16(21)6-5-15-17(22)11-18(23-19(14)15)13-7-9-20-10-8-13/h3,5-11,21H,4H2,1-2H3. The molecule has 0 aliphatic heterocycles. The Morgan fingerprint density at radius 1 is 1.22 bits per heavy atom. The lowest BCUT2D eigenvalue weighted by Gasteiger charge is -2.08. The van der Waals surface area contributed by atoms with Crippen LogP contribution in [0.25, 0.3) is 22.3 Å². The maximum atomic E-state index is 12.4. The number of phenolic OH excluding ortho intramolecular Hbond substituents is 1. The van der Waals surface area contributed by atoms with E-state index in [4.69, 9.17) is 4.42 Å². The zero-order chi connectivity index (χ0) is 16.4. The highest BCUT2D eigenvalue weighted by Gasteiger charge is 2.13. The van der Waals surface area contributed by atoms with Gasteiger partial charge in [0, 0.05) is 29.6 Å². The maximum absolute atomic E-state index is 12.4. The smallest absolute Gasteiger partial charge is 0.193 e. The van der Waals surface area contributed by atoms with Gasteiger partial charge in [0.15, 0.2) is 5.43 Å². The van der Waals surface area contributed by atoms with E-state index in [1.54, 1.807) is 36.7 Å². The summed E-state index contributed by atoms with van der Waals surface area (Å²) in [6.45, 7) is 3.97. The number of rotatable bonds is 3. The molecule has 0 radical (unpaired) electrons. The summed E-state index contributed by atoms with van der Waals surface area (Å²) < 4.78 is 5.96. The third-order valence-electron chi connectivity index (χ3n) is 3.65. The van der Waals surface area contributed by atoms with E-state index < -0.39 is 0 Å². The largest absolute Gasteiger partial charge is 0.508 e. The lowest BCUT2D eigenvalue weighted by Crippen LogP contribution is -2.02. The Balaban J connectivity index is 2.27. The van der Waals surface area contributed by atoms with Gasteiger partial charge < -0.3 is 9.52 Å². The van der Waals surface area contributed by atoms with E-state index in [-0.39, 0.29) is 11.2 Å². The van der Waals surface area contributed by atoms with Crippen LogP contribution in [0.1, 0.15) is 19.4 Å². The molecule has 0 aliphatic carbocycles. The first-order valence-electron chi connectivity index (χ1n) is 7.38. The fraction of sp³-hybridized carbons (Fsp3) is 0.158. The fourth-order valence-electron chi connectivity index (χ4n) is 2.43. The molecule has 1 aromatic carbocycles. The SMILES string of the molecule is CC(C)=CCc1c(O)ccc2c(=O)cc(-c3ccncc3)oc12. The summed E-state index contributed by atoms with van der Waals surface area (Å²) in [6, 6.07) is 8.17. The average molecular weight is 307 g/mol. The average Bonchev–Trinajstić information content (AvgIpc) is 2.54. The molecule has 4 heteroatoms. The highest BCUT2D eigenvalue weighted by molar-refractivity contribution is 5.83. The van der Waals surface area contributed by atoms with Crippen molar-refractivity contribution in [1.82, 2.24) is 4.98 Å². The predicted octanol–water partition coefficient (Wildman–Crippen LogP) is 4.07. The summed E-state index contributed by atoms with van der Waals surface area (Å²) in [6.07, 6.45) is 5.79. The zero-order valence-electron chi connectivity index (χ0n) is 13.0. The first-order chi connectivity index (χ1) is 11.1. The number of nitrogens with zero attached hydrogens (tertiary/aromatic N) is 1. The molecule has 3 rings (SSSR count). The van der Waals surface area contributed by atoms with Gasteiger partial charge in [-0.3, -0.25) is 9.78 Å². The van der Waals surface area contributed by atoms with Crippen LogP contribution in [0.2, 0.25) is 0 Å². The minimum Gasteiger partial charge on any atom is -0.508 e. The number of allylic oxidation sites excluding steroid dienone is 2. The fourth-order valence-corrected chi connectivity index (χ4v) is 2.43. The quantitative estimate of drug-likeness (QED) is 0.741. The molecule has 0 bridgehead atoms. The van der Waals surface area contributed by atoms with Gasteiger partial charge in [0.2, 0.25) is 0 Å². The molecular formula is C19H17NO3. The van der Waals surface area contributed by atoms with Gasteiger partial charge in [-0.25, -0.2) is 0 Å². The minimum atomic E-state index is -0.128. The first kappa shape index (κ1) is 15.0. The second-order valence-corrected chi connectivity index (χ2v) is 5.64. The van der Waals surface area contributed by atoms with Crippen LogP contribution in [-0.4, -0.2) is 10.1 Å². The highest BCUT2D eigenvalue weighted by Crippen LogP contribution is 2.29. The number of hydrogen-bond donors (Lipinski definition) is 1. The van der Waals surface area contributed by atoms with E-state index in [2.05, 4.69) is 4.98 Å². The van der Waals surface area contributed by atoms with Gasteiger partial charge in [-0.15, -0.1) is 0 Å². The molecule has 0 unspecified atom stereocenters. The third-order valence-corrected chi connectivity index (χ3v) is 3.65. The van der Waals surface area contributed by atoms with Gasteiger partial charge in [-0.05, 0) is 44.5 Å². The van der Waals surface area contributed by atoms with Crippen LogP contribution >= 0.6 is 0 Å². The van der Waals surface area contributed by atoms with Crippen molar-refractivity contribution in [2.45, 2.75) is 20.3 Å². The number of benzene rings is 1. The highest BCUT2D eigenvalue weighted by atomic mass is 16.3. The maximum Gasteiger partial charge on any atom is 0.193 e. The van der Waals surface area contributed by atoms with Crippen LogP contribution in [0.5, 0.6) is 5.75 Å². The molecule has 0 amide bonds. The van der Waals surface area contributed by atoms with Crippen LogP contribution in [0.4, 0.5) is 0 Å². The minimum absolute atomic E-state index is 0.128. The van der Waals surface area contributed by atoms with Crippen molar-refractivity contribution in [3.05, 3.63) is 70.2 Å². The topological polar surface area (TPSA) is 63.3 Å². The predicted molar refractivity (Wildman–Crippen MR) is 90.5 cm³/mol. The van der Waals surface area contributed by atoms with Gasteiger partial charge in [0.05, 0.1) is 5.39 Å². The van der Waals surface area contributed by atoms with Crippen LogP contribution in [0, 0.1) is 0 Å². The van der Waals surface area contributed by atoms with Crippen molar-refractivity contribution in [3.63, 3.8) is 0 Å². The molecule has 0 saturated carbocycles. The number of phenols is 1. The Bertz CT molecular complexity index is 936. The number of aromatic hydroxyl groups is 1. The number of pyridine rings is 1. The van der Waals surface area contributed by atoms with E-state index >= 15 is 0 Å². The Kier molecular flexibility index (Phi) is 3.98. The molecular weight excluding hydrogens is 290 g/mol. The monoisotopic (exact) mass is 307 g/mol. The van der Waals surface area contributed by atoms with E-state index in [0.717, 1.165) is 11.1 Å². The van der Waals surface area contributed by atoms with Crippen molar-refractivity contribution in [1.29, 1.82) is 0 Å². The van der Waals surface area contributed by atoms with Gasteiger partial charge in [0.25, 0.3) is 0 Å². The van der Waals surface area contributed by atoms with Crippen LogP contribution in [0.3, 0.4) is 0 Å². The van der Waals surface area contributed by atoms with Crippen molar-refractivity contribution in [2.75, 3.05) is 0 Å². The van der Waals surface area contributed by atoms with E-state index in [0.29, 0.717) is 28.7 Å². The van der Waals surface area contributed by atoms with Gasteiger partial charge >= 0.3 is 0 Å². The number of aromatic nitrogens is 1. The Hall–Kier alpha value is -2.88. The molecule has 2 aromatic heterocycles. The Morgan fingerprint density at radius 3 is 2.65 bits per heavy atom. The van der Waals surface area contributed by atoms with Crippen LogP contribution in [-0.2, 0) is 6.42 Å². The molecule has 0 saturated heterocycles. The number of hydrogen-bond acceptors (Lipinski definition) is 4. The molecule has 3 aromatic rings. The summed E-state index contributed by atoms with van der Waals surface area (Å²) in [5.74, 6) is 0.596. The normalized spacial score (nSPS) is 10.7. The first-order valence-corrected chi connectivity index (χ1v) is 7.38. The summed E-state index contributed by atoms with van der Waals surface area (Å²) in [4.78, 5) is 16.4. The molecule has 4 nitrogen and oxygen atoms in total. The lowest BCUT2D eigenvalue weighted by atomic mass is 10.0. The van der Waals surface area contributed by atoms with E-state index in [1.165, 1.54) is 6.07 Å². The molecule has 116 valence electrons. The Labute approximate surface area is 133 Å².